The summed E-state index contributed by atoms with van der Waals surface area (Å²) < 4.78 is 5.98. The van der Waals surface area contributed by atoms with Gasteiger partial charge in [-0.05, 0) is 42.7 Å². The standard InChI is InChI=1S/C21H22ClN3O2/c22-15-6-7-18-14(8-15)9-20(24-18)21(26)25-19-11-16(10-17(19)23)27-12-13-4-2-1-3-5-13/h1-9,16-17,19,24H,10-12,23H2,(H,25,26)/t16?,17-,19-/m1/s1. The Morgan fingerprint density at radius 3 is 2.81 bits per heavy atom. The number of rotatable bonds is 5. The predicted octanol–water partition coefficient (Wildman–Crippen LogP) is 3.63. The van der Waals surface area contributed by atoms with Gasteiger partial charge in [0.25, 0.3) is 5.91 Å². The fraction of sp³-hybridized carbons (Fsp3) is 0.286. The third-order valence-electron chi connectivity index (χ3n) is 5.04. The molecule has 6 heteroatoms. The van der Waals surface area contributed by atoms with Crippen LogP contribution in [-0.2, 0) is 11.3 Å². The lowest BCUT2D eigenvalue weighted by atomic mass is 10.2. The van der Waals surface area contributed by atoms with Crippen molar-refractivity contribution in [2.24, 2.45) is 5.73 Å². The summed E-state index contributed by atoms with van der Waals surface area (Å²) >= 11 is 6.01. The number of hydrogen-bond donors (Lipinski definition) is 3. The van der Waals surface area contributed by atoms with Crippen molar-refractivity contribution in [2.45, 2.75) is 37.6 Å². The summed E-state index contributed by atoms with van der Waals surface area (Å²) in [6.07, 6.45) is 1.50. The zero-order chi connectivity index (χ0) is 18.8. The van der Waals surface area contributed by atoms with Crippen LogP contribution in [0.4, 0.5) is 0 Å². The van der Waals surface area contributed by atoms with Crippen LogP contribution in [0.2, 0.25) is 5.02 Å². The third-order valence-corrected chi connectivity index (χ3v) is 5.28. The van der Waals surface area contributed by atoms with Gasteiger partial charge >= 0.3 is 0 Å². The van der Waals surface area contributed by atoms with Crippen molar-refractivity contribution in [3.05, 3.63) is 70.9 Å². The summed E-state index contributed by atoms with van der Waals surface area (Å²) in [5.74, 6) is -0.161. The first-order valence-corrected chi connectivity index (χ1v) is 9.46. The topological polar surface area (TPSA) is 80.1 Å². The Kier molecular flexibility index (Phi) is 5.16. The van der Waals surface area contributed by atoms with E-state index in [-0.39, 0.29) is 24.1 Å². The first-order chi connectivity index (χ1) is 13.1. The van der Waals surface area contributed by atoms with Crippen molar-refractivity contribution in [3.63, 3.8) is 0 Å². The molecule has 1 saturated carbocycles. The monoisotopic (exact) mass is 383 g/mol. The van der Waals surface area contributed by atoms with E-state index in [1.165, 1.54) is 0 Å². The Bertz CT molecular complexity index is 941. The minimum absolute atomic E-state index is 0.0482. The minimum atomic E-state index is -0.161. The van der Waals surface area contributed by atoms with Gasteiger partial charge in [-0.2, -0.15) is 0 Å². The second kappa shape index (κ2) is 7.72. The maximum Gasteiger partial charge on any atom is 0.268 e. The molecule has 4 N–H and O–H groups in total. The second-order valence-corrected chi connectivity index (χ2v) is 7.48. The van der Waals surface area contributed by atoms with Crippen LogP contribution in [0.1, 0.15) is 28.9 Å². The van der Waals surface area contributed by atoms with E-state index in [1.807, 2.05) is 42.5 Å². The molecule has 1 aromatic heterocycles. The van der Waals surface area contributed by atoms with Crippen molar-refractivity contribution in [2.75, 3.05) is 0 Å². The lowest BCUT2D eigenvalue weighted by Gasteiger charge is -2.16. The van der Waals surface area contributed by atoms with Gasteiger partial charge in [-0.3, -0.25) is 4.79 Å². The van der Waals surface area contributed by atoms with Crippen molar-refractivity contribution < 1.29 is 9.53 Å². The Hall–Kier alpha value is -2.34. The van der Waals surface area contributed by atoms with Crippen LogP contribution >= 0.6 is 11.6 Å². The maximum absolute atomic E-state index is 12.6. The van der Waals surface area contributed by atoms with Gasteiger partial charge in [0, 0.05) is 28.0 Å². The number of benzene rings is 2. The van der Waals surface area contributed by atoms with E-state index in [4.69, 9.17) is 22.1 Å². The molecule has 5 nitrogen and oxygen atoms in total. The Labute approximate surface area is 162 Å². The molecule has 3 aromatic rings. The van der Waals surface area contributed by atoms with Crippen LogP contribution in [0, 0.1) is 0 Å². The quantitative estimate of drug-likeness (QED) is 0.629. The van der Waals surface area contributed by atoms with Crippen molar-refractivity contribution in [1.82, 2.24) is 10.3 Å². The second-order valence-electron chi connectivity index (χ2n) is 7.05. The van der Waals surface area contributed by atoms with Gasteiger partial charge in [0.2, 0.25) is 0 Å². The molecule has 0 aliphatic heterocycles. The molecule has 1 heterocycles. The number of H-pyrrole nitrogens is 1. The number of aromatic amines is 1. The molecule has 1 aliphatic carbocycles. The summed E-state index contributed by atoms with van der Waals surface area (Å²) in [5.41, 5.74) is 8.76. The molecule has 0 bridgehead atoms. The molecule has 0 saturated heterocycles. The molecule has 1 unspecified atom stereocenters. The van der Waals surface area contributed by atoms with Crippen LogP contribution < -0.4 is 11.1 Å². The molecule has 27 heavy (non-hydrogen) atoms. The highest BCUT2D eigenvalue weighted by Crippen LogP contribution is 2.24. The number of aromatic nitrogens is 1. The molecular formula is C21H22ClN3O2. The Balaban J connectivity index is 1.36. The lowest BCUT2D eigenvalue weighted by Crippen LogP contribution is -2.44. The van der Waals surface area contributed by atoms with Gasteiger partial charge in [0.1, 0.15) is 5.69 Å². The van der Waals surface area contributed by atoms with Crippen molar-refractivity contribution in [1.29, 1.82) is 0 Å². The van der Waals surface area contributed by atoms with E-state index in [1.54, 1.807) is 12.1 Å². The average Bonchev–Trinajstić information content (AvgIpc) is 3.24. The van der Waals surface area contributed by atoms with E-state index >= 15 is 0 Å². The fourth-order valence-electron chi connectivity index (χ4n) is 3.58. The first kappa shape index (κ1) is 18.0. The number of carbonyl (C=O) groups excluding carboxylic acids is 1. The predicted molar refractivity (Wildman–Crippen MR) is 107 cm³/mol. The van der Waals surface area contributed by atoms with Gasteiger partial charge in [-0.1, -0.05) is 41.9 Å². The van der Waals surface area contributed by atoms with E-state index in [0.717, 1.165) is 22.9 Å². The minimum Gasteiger partial charge on any atom is -0.373 e. The molecule has 4 rings (SSSR count). The van der Waals surface area contributed by atoms with Crippen LogP contribution in [0.5, 0.6) is 0 Å². The summed E-state index contributed by atoms with van der Waals surface area (Å²) in [6, 6.07) is 17.1. The third kappa shape index (κ3) is 4.16. The largest absolute Gasteiger partial charge is 0.373 e. The summed E-state index contributed by atoms with van der Waals surface area (Å²) in [5, 5.41) is 4.59. The van der Waals surface area contributed by atoms with Crippen LogP contribution in [-0.4, -0.2) is 29.1 Å². The smallest absolute Gasteiger partial charge is 0.268 e. The van der Waals surface area contributed by atoms with Crippen molar-refractivity contribution in [3.8, 4) is 0 Å². The number of carbonyl (C=O) groups is 1. The summed E-state index contributed by atoms with van der Waals surface area (Å²) in [7, 11) is 0. The van der Waals surface area contributed by atoms with E-state index in [9.17, 15) is 4.79 Å². The van der Waals surface area contributed by atoms with E-state index in [2.05, 4.69) is 10.3 Å². The highest BCUT2D eigenvalue weighted by atomic mass is 35.5. The number of amides is 1. The molecular weight excluding hydrogens is 362 g/mol. The van der Waals surface area contributed by atoms with Gasteiger partial charge in [0.15, 0.2) is 0 Å². The highest BCUT2D eigenvalue weighted by molar-refractivity contribution is 6.31. The Morgan fingerprint density at radius 2 is 2.00 bits per heavy atom. The highest BCUT2D eigenvalue weighted by Gasteiger charge is 2.33. The number of hydrogen-bond acceptors (Lipinski definition) is 3. The number of nitrogens with two attached hydrogens (primary N) is 1. The van der Waals surface area contributed by atoms with Crippen LogP contribution in [0.3, 0.4) is 0 Å². The van der Waals surface area contributed by atoms with Crippen LogP contribution in [0.15, 0.2) is 54.6 Å². The molecule has 0 radical (unpaired) electrons. The number of halogens is 1. The zero-order valence-electron chi connectivity index (χ0n) is 14.8. The fourth-order valence-corrected chi connectivity index (χ4v) is 3.76. The molecule has 2 aromatic carbocycles. The molecule has 3 atom stereocenters. The van der Waals surface area contributed by atoms with Gasteiger partial charge < -0.3 is 20.8 Å². The summed E-state index contributed by atoms with van der Waals surface area (Å²) in [6.45, 7) is 0.557. The zero-order valence-corrected chi connectivity index (χ0v) is 15.6. The molecule has 140 valence electrons. The first-order valence-electron chi connectivity index (χ1n) is 9.09. The Morgan fingerprint density at radius 1 is 1.19 bits per heavy atom. The van der Waals surface area contributed by atoms with Gasteiger partial charge in [-0.15, -0.1) is 0 Å². The van der Waals surface area contributed by atoms with Crippen molar-refractivity contribution >= 4 is 28.4 Å². The number of fused-ring (bicyclic) bond motifs is 1. The van der Waals surface area contributed by atoms with E-state index < -0.39 is 0 Å². The number of ether oxygens (including phenoxy) is 1. The van der Waals surface area contributed by atoms with Gasteiger partial charge in [0.05, 0.1) is 12.7 Å². The average molecular weight is 384 g/mol. The van der Waals surface area contributed by atoms with Crippen LogP contribution in [0.25, 0.3) is 10.9 Å². The lowest BCUT2D eigenvalue weighted by molar-refractivity contribution is 0.0434. The molecule has 1 amide bonds. The molecule has 1 fully saturated rings. The number of nitrogens with one attached hydrogen (secondary N) is 2. The maximum atomic E-state index is 12.6. The summed E-state index contributed by atoms with van der Waals surface area (Å²) in [4.78, 5) is 15.7. The van der Waals surface area contributed by atoms with Gasteiger partial charge in [-0.25, -0.2) is 0 Å². The molecule has 1 aliphatic rings. The van der Waals surface area contributed by atoms with E-state index in [0.29, 0.717) is 23.7 Å². The normalized spacial score (nSPS) is 22.2. The SMILES string of the molecule is N[C@@H]1CC(OCc2ccccc2)C[C@H]1NC(=O)c1cc2cc(Cl)ccc2[nH]1. The molecule has 0 spiro atoms.